The minimum atomic E-state index is -4.31. The summed E-state index contributed by atoms with van der Waals surface area (Å²) in [6, 6.07) is 5.14. The lowest BCUT2D eigenvalue weighted by Crippen LogP contribution is -2.05. The zero-order valence-electron chi connectivity index (χ0n) is 11.1. The molecule has 0 radical (unpaired) electrons. The highest BCUT2D eigenvalue weighted by Crippen LogP contribution is 2.31. The largest absolute Gasteiger partial charge is 0.416 e. The first-order chi connectivity index (χ1) is 9.43. The molecule has 1 heterocycles. The number of aromatic nitrogens is 2. The maximum atomic E-state index is 12.6. The lowest BCUT2D eigenvalue weighted by atomic mass is 10.0. The quantitative estimate of drug-likeness (QED) is 0.937. The van der Waals surface area contributed by atoms with Gasteiger partial charge in [0.25, 0.3) is 0 Å². The second-order valence-corrected chi connectivity index (χ2v) is 4.61. The monoisotopic (exact) mass is 283 g/mol. The maximum absolute atomic E-state index is 12.6. The summed E-state index contributed by atoms with van der Waals surface area (Å²) in [5, 5.41) is 4.17. The van der Waals surface area contributed by atoms with E-state index >= 15 is 0 Å². The summed E-state index contributed by atoms with van der Waals surface area (Å²) in [5.41, 5.74) is 7.41. The van der Waals surface area contributed by atoms with Gasteiger partial charge in [0.2, 0.25) is 0 Å². The number of alkyl halides is 3. The summed E-state index contributed by atoms with van der Waals surface area (Å²) in [6.45, 7) is 0.571. The van der Waals surface area contributed by atoms with E-state index < -0.39 is 11.7 Å². The van der Waals surface area contributed by atoms with E-state index in [4.69, 9.17) is 5.73 Å². The topological polar surface area (TPSA) is 43.8 Å². The normalized spacial score (nSPS) is 11.8. The van der Waals surface area contributed by atoms with Crippen molar-refractivity contribution in [1.82, 2.24) is 9.78 Å². The van der Waals surface area contributed by atoms with Gasteiger partial charge in [-0.05, 0) is 37.1 Å². The van der Waals surface area contributed by atoms with Crippen LogP contribution >= 0.6 is 0 Å². The lowest BCUT2D eigenvalue weighted by Gasteiger charge is -2.09. The van der Waals surface area contributed by atoms with Crippen LogP contribution in [-0.4, -0.2) is 16.3 Å². The highest BCUT2D eigenvalue weighted by molar-refractivity contribution is 5.63. The van der Waals surface area contributed by atoms with E-state index in [0.29, 0.717) is 6.54 Å². The first kappa shape index (κ1) is 14.6. The minimum Gasteiger partial charge on any atom is -0.330 e. The number of aryl methyl sites for hydroxylation is 2. The van der Waals surface area contributed by atoms with Crippen molar-refractivity contribution < 1.29 is 13.2 Å². The number of benzene rings is 1. The van der Waals surface area contributed by atoms with E-state index in [-0.39, 0.29) is 0 Å². The fourth-order valence-corrected chi connectivity index (χ4v) is 2.15. The predicted octanol–water partition coefficient (Wildman–Crippen LogP) is 3.00. The average molecular weight is 283 g/mol. The van der Waals surface area contributed by atoms with Crippen LogP contribution in [0.2, 0.25) is 0 Å². The zero-order valence-corrected chi connectivity index (χ0v) is 11.1. The van der Waals surface area contributed by atoms with Crippen LogP contribution < -0.4 is 5.73 Å². The van der Waals surface area contributed by atoms with Crippen molar-refractivity contribution in [3.63, 3.8) is 0 Å². The lowest BCUT2D eigenvalue weighted by molar-refractivity contribution is -0.137. The highest BCUT2D eigenvalue weighted by Gasteiger charge is 2.30. The average Bonchev–Trinajstić information content (AvgIpc) is 2.76. The molecule has 6 heteroatoms. The molecule has 20 heavy (non-hydrogen) atoms. The van der Waals surface area contributed by atoms with Crippen molar-refractivity contribution >= 4 is 0 Å². The Bertz CT molecular complexity index is 570. The summed E-state index contributed by atoms with van der Waals surface area (Å²) < 4.78 is 39.3. The SMILES string of the molecule is Cn1ncc(CCCN)c1-c1ccc(C(F)(F)F)cc1. The summed E-state index contributed by atoms with van der Waals surface area (Å²) in [4.78, 5) is 0. The van der Waals surface area contributed by atoms with Gasteiger partial charge in [-0.2, -0.15) is 18.3 Å². The molecule has 2 aromatic rings. The summed E-state index contributed by atoms with van der Waals surface area (Å²) in [6.07, 6.45) is -0.990. The van der Waals surface area contributed by atoms with Gasteiger partial charge in [0.05, 0.1) is 17.5 Å². The minimum absolute atomic E-state index is 0.571. The van der Waals surface area contributed by atoms with Crippen LogP contribution in [0.15, 0.2) is 30.5 Å². The number of rotatable bonds is 4. The van der Waals surface area contributed by atoms with E-state index in [1.54, 1.807) is 17.9 Å². The van der Waals surface area contributed by atoms with Crippen LogP contribution in [0.1, 0.15) is 17.5 Å². The number of nitrogens with zero attached hydrogens (tertiary/aromatic N) is 2. The smallest absolute Gasteiger partial charge is 0.330 e. The Labute approximate surface area is 115 Å². The summed E-state index contributed by atoms with van der Waals surface area (Å²) in [7, 11) is 1.78. The van der Waals surface area contributed by atoms with E-state index in [0.717, 1.165) is 41.8 Å². The van der Waals surface area contributed by atoms with Crippen molar-refractivity contribution in [1.29, 1.82) is 0 Å². The molecular weight excluding hydrogens is 267 g/mol. The molecule has 0 aliphatic rings. The Morgan fingerprint density at radius 3 is 2.40 bits per heavy atom. The van der Waals surface area contributed by atoms with Gasteiger partial charge in [0.1, 0.15) is 0 Å². The van der Waals surface area contributed by atoms with Crippen molar-refractivity contribution in [2.45, 2.75) is 19.0 Å². The molecule has 0 unspecified atom stereocenters. The standard InChI is InChI=1S/C14H16F3N3/c1-20-13(11(9-19-20)3-2-8-18)10-4-6-12(7-5-10)14(15,16)17/h4-7,9H,2-3,8,18H2,1H3. The summed E-state index contributed by atoms with van der Waals surface area (Å²) in [5.74, 6) is 0. The summed E-state index contributed by atoms with van der Waals surface area (Å²) >= 11 is 0. The van der Waals surface area contributed by atoms with E-state index in [1.165, 1.54) is 12.1 Å². The second-order valence-electron chi connectivity index (χ2n) is 4.61. The van der Waals surface area contributed by atoms with Crippen LogP contribution in [0, 0.1) is 0 Å². The number of hydrogen-bond donors (Lipinski definition) is 1. The number of nitrogens with two attached hydrogens (primary N) is 1. The van der Waals surface area contributed by atoms with Crippen molar-refractivity contribution in [3.8, 4) is 11.3 Å². The van der Waals surface area contributed by atoms with E-state index in [2.05, 4.69) is 5.10 Å². The molecule has 0 saturated carbocycles. The molecule has 0 bridgehead atoms. The van der Waals surface area contributed by atoms with Crippen LogP contribution in [0.25, 0.3) is 11.3 Å². The molecule has 108 valence electrons. The van der Waals surface area contributed by atoms with E-state index in [9.17, 15) is 13.2 Å². The third-order valence-corrected chi connectivity index (χ3v) is 3.15. The molecule has 2 N–H and O–H groups in total. The first-order valence-corrected chi connectivity index (χ1v) is 6.32. The van der Waals surface area contributed by atoms with Gasteiger partial charge in [-0.3, -0.25) is 4.68 Å². The molecule has 1 aromatic heterocycles. The van der Waals surface area contributed by atoms with Gasteiger partial charge in [-0.25, -0.2) is 0 Å². The molecule has 0 spiro atoms. The molecule has 0 amide bonds. The molecule has 0 fully saturated rings. The van der Waals surface area contributed by atoms with Crippen LogP contribution in [-0.2, 0) is 19.6 Å². The van der Waals surface area contributed by atoms with Gasteiger partial charge < -0.3 is 5.73 Å². The first-order valence-electron chi connectivity index (χ1n) is 6.32. The molecule has 0 atom stereocenters. The molecule has 0 aliphatic carbocycles. The zero-order chi connectivity index (χ0) is 14.8. The van der Waals surface area contributed by atoms with Gasteiger partial charge in [0, 0.05) is 12.6 Å². The molecule has 1 aromatic carbocycles. The van der Waals surface area contributed by atoms with Gasteiger partial charge >= 0.3 is 6.18 Å². The van der Waals surface area contributed by atoms with Crippen molar-refractivity contribution in [2.24, 2.45) is 12.8 Å². The van der Waals surface area contributed by atoms with Crippen molar-refractivity contribution in [3.05, 3.63) is 41.6 Å². The van der Waals surface area contributed by atoms with Crippen LogP contribution in [0.5, 0.6) is 0 Å². The Balaban J connectivity index is 2.34. The van der Waals surface area contributed by atoms with Gasteiger partial charge in [-0.15, -0.1) is 0 Å². The van der Waals surface area contributed by atoms with E-state index in [1.807, 2.05) is 0 Å². The Morgan fingerprint density at radius 2 is 1.85 bits per heavy atom. The number of hydrogen-bond acceptors (Lipinski definition) is 2. The van der Waals surface area contributed by atoms with Crippen LogP contribution in [0.4, 0.5) is 13.2 Å². The fourth-order valence-electron chi connectivity index (χ4n) is 2.15. The third kappa shape index (κ3) is 3.01. The maximum Gasteiger partial charge on any atom is 0.416 e. The second kappa shape index (κ2) is 5.66. The molecule has 3 nitrogen and oxygen atoms in total. The molecule has 2 rings (SSSR count). The third-order valence-electron chi connectivity index (χ3n) is 3.15. The Kier molecular flexibility index (Phi) is 4.13. The van der Waals surface area contributed by atoms with Crippen LogP contribution in [0.3, 0.4) is 0 Å². The highest BCUT2D eigenvalue weighted by atomic mass is 19.4. The Hall–Kier alpha value is -1.82. The van der Waals surface area contributed by atoms with Gasteiger partial charge in [0.15, 0.2) is 0 Å². The predicted molar refractivity (Wildman–Crippen MR) is 71.0 cm³/mol. The Morgan fingerprint density at radius 1 is 1.20 bits per heavy atom. The van der Waals surface area contributed by atoms with Gasteiger partial charge in [-0.1, -0.05) is 12.1 Å². The molecular formula is C14H16F3N3. The number of halogens is 3. The molecule has 0 aliphatic heterocycles. The molecule has 0 saturated heterocycles. The fraction of sp³-hybridized carbons (Fsp3) is 0.357. The van der Waals surface area contributed by atoms with Crippen molar-refractivity contribution in [2.75, 3.05) is 6.54 Å².